The van der Waals surface area contributed by atoms with Gasteiger partial charge in [0.2, 0.25) is 5.91 Å². The second-order valence-electron chi connectivity index (χ2n) is 6.56. The first-order valence-corrected chi connectivity index (χ1v) is 9.07. The summed E-state index contributed by atoms with van der Waals surface area (Å²) >= 11 is 1.38. The van der Waals surface area contributed by atoms with Gasteiger partial charge in [-0.3, -0.25) is 4.79 Å². The molecule has 0 aliphatic carbocycles. The van der Waals surface area contributed by atoms with Gasteiger partial charge in [-0.05, 0) is 45.6 Å². The van der Waals surface area contributed by atoms with E-state index in [1.807, 2.05) is 0 Å². The Bertz CT molecular complexity index is 718. The maximum absolute atomic E-state index is 13.2. The van der Waals surface area contributed by atoms with E-state index in [2.05, 4.69) is 34.2 Å². The van der Waals surface area contributed by atoms with Crippen LogP contribution in [-0.4, -0.2) is 61.0 Å². The van der Waals surface area contributed by atoms with Crippen molar-refractivity contribution in [3.63, 3.8) is 0 Å². The largest absolute Gasteiger partial charge is 0.308 e. The Hall–Kier alpha value is -1.57. The lowest BCUT2D eigenvalue weighted by Crippen LogP contribution is -2.43. The van der Waals surface area contributed by atoms with E-state index >= 15 is 0 Å². The molecule has 3 rings (SSSR count). The van der Waals surface area contributed by atoms with Crippen LogP contribution in [0.4, 0.5) is 9.52 Å². The molecule has 5 nitrogen and oxygen atoms in total. The van der Waals surface area contributed by atoms with E-state index in [0.717, 1.165) is 43.7 Å². The summed E-state index contributed by atoms with van der Waals surface area (Å²) in [6.45, 7) is 3.83. The normalized spacial score (nSPS) is 19.1. The lowest BCUT2D eigenvalue weighted by molar-refractivity contribution is -0.121. The summed E-state index contributed by atoms with van der Waals surface area (Å²) in [4.78, 5) is 21.4. The first-order chi connectivity index (χ1) is 11.5. The van der Waals surface area contributed by atoms with Crippen LogP contribution in [0.2, 0.25) is 0 Å². The Labute approximate surface area is 145 Å². The zero-order chi connectivity index (χ0) is 17.1. The van der Waals surface area contributed by atoms with Crippen LogP contribution in [0.25, 0.3) is 10.2 Å². The van der Waals surface area contributed by atoms with Crippen LogP contribution in [0.15, 0.2) is 18.2 Å². The van der Waals surface area contributed by atoms with Crippen LogP contribution in [0.3, 0.4) is 0 Å². The summed E-state index contributed by atoms with van der Waals surface area (Å²) in [5, 5.41) is 3.46. The molecule has 1 aliphatic heterocycles. The number of fused-ring (bicyclic) bond motifs is 1. The fourth-order valence-electron chi connectivity index (χ4n) is 2.98. The second-order valence-corrected chi connectivity index (χ2v) is 7.59. The number of halogens is 1. The molecule has 130 valence electrons. The van der Waals surface area contributed by atoms with Crippen molar-refractivity contribution in [2.45, 2.75) is 12.8 Å². The van der Waals surface area contributed by atoms with E-state index in [1.54, 1.807) is 6.07 Å². The number of benzene rings is 1. The van der Waals surface area contributed by atoms with Gasteiger partial charge < -0.3 is 15.1 Å². The van der Waals surface area contributed by atoms with Crippen LogP contribution >= 0.6 is 11.3 Å². The number of piperidine rings is 1. The lowest BCUT2D eigenvalue weighted by Gasteiger charge is -2.32. The average molecular weight is 350 g/mol. The number of carbonyl (C=O) groups excluding carboxylic acids is 1. The molecule has 0 bridgehead atoms. The van der Waals surface area contributed by atoms with E-state index in [-0.39, 0.29) is 17.6 Å². The van der Waals surface area contributed by atoms with E-state index in [0.29, 0.717) is 10.6 Å². The Balaban J connectivity index is 1.60. The highest BCUT2D eigenvalue weighted by molar-refractivity contribution is 7.22. The van der Waals surface area contributed by atoms with Gasteiger partial charge in [-0.1, -0.05) is 11.3 Å². The zero-order valence-corrected chi connectivity index (χ0v) is 14.9. The van der Waals surface area contributed by atoms with Crippen LogP contribution in [0.5, 0.6) is 0 Å². The molecular formula is C17H23FN4OS. The number of thiazole rings is 1. The van der Waals surface area contributed by atoms with Crippen LogP contribution in [0, 0.1) is 11.7 Å². The predicted molar refractivity (Wildman–Crippen MR) is 95.9 cm³/mol. The maximum Gasteiger partial charge on any atom is 0.230 e. The van der Waals surface area contributed by atoms with Gasteiger partial charge in [0, 0.05) is 25.7 Å². The first-order valence-electron chi connectivity index (χ1n) is 8.25. The van der Waals surface area contributed by atoms with Gasteiger partial charge in [-0.15, -0.1) is 0 Å². The molecule has 0 saturated carbocycles. The zero-order valence-electron chi connectivity index (χ0n) is 14.1. The lowest BCUT2D eigenvalue weighted by atomic mass is 9.97. The molecule has 2 heterocycles. The molecule has 24 heavy (non-hydrogen) atoms. The minimum Gasteiger partial charge on any atom is -0.308 e. The Kier molecular flexibility index (Phi) is 5.43. The topological polar surface area (TPSA) is 48.5 Å². The number of rotatable bonds is 5. The van der Waals surface area contributed by atoms with E-state index in [9.17, 15) is 9.18 Å². The summed E-state index contributed by atoms with van der Waals surface area (Å²) in [6.07, 6.45) is 1.94. The summed E-state index contributed by atoms with van der Waals surface area (Å²) < 4.78 is 14.1. The minimum absolute atomic E-state index is 0.00957. The number of likely N-dealkylation sites (N-methyl/N-ethyl adjacent to an activating group) is 1. The smallest absolute Gasteiger partial charge is 0.230 e. The third-order valence-corrected chi connectivity index (χ3v) is 5.27. The second kappa shape index (κ2) is 7.55. The van der Waals surface area contributed by atoms with Gasteiger partial charge in [0.05, 0.1) is 16.1 Å². The number of nitrogens with one attached hydrogen (secondary N) is 1. The van der Waals surface area contributed by atoms with Crippen molar-refractivity contribution in [3.8, 4) is 0 Å². The molecule has 1 fully saturated rings. The number of anilines is 1. The van der Waals surface area contributed by atoms with Gasteiger partial charge >= 0.3 is 0 Å². The Morgan fingerprint density at radius 2 is 2.33 bits per heavy atom. The number of amides is 1. The standard InChI is InChI=1S/C17H23FN4OS/c1-21(2)8-9-22-7-3-4-12(11-22)16(23)20-17-19-14-10-13(18)5-6-15(14)24-17/h5-6,10,12H,3-4,7-9,11H2,1-2H3,(H,19,20,23). The number of aromatic nitrogens is 1. The fraction of sp³-hybridized carbons (Fsp3) is 0.529. The van der Waals surface area contributed by atoms with Crippen molar-refractivity contribution in [1.82, 2.24) is 14.8 Å². The number of nitrogens with zero attached hydrogens (tertiary/aromatic N) is 3. The molecule has 1 N–H and O–H groups in total. The predicted octanol–water partition coefficient (Wildman–Crippen LogP) is 2.65. The van der Waals surface area contributed by atoms with Crippen molar-refractivity contribution in [1.29, 1.82) is 0 Å². The number of hydrogen-bond acceptors (Lipinski definition) is 5. The molecule has 7 heteroatoms. The van der Waals surface area contributed by atoms with E-state index < -0.39 is 0 Å². The SMILES string of the molecule is CN(C)CCN1CCCC(C(=O)Nc2nc3cc(F)ccc3s2)C1. The number of hydrogen-bond donors (Lipinski definition) is 1. The minimum atomic E-state index is -0.311. The molecular weight excluding hydrogens is 327 g/mol. The quantitative estimate of drug-likeness (QED) is 0.901. The van der Waals surface area contributed by atoms with Crippen LogP contribution in [0.1, 0.15) is 12.8 Å². The Morgan fingerprint density at radius 1 is 1.50 bits per heavy atom. The molecule has 2 aromatic rings. The average Bonchev–Trinajstić information content (AvgIpc) is 2.94. The third kappa shape index (κ3) is 4.28. The molecule has 1 aromatic heterocycles. The molecule has 1 amide bonds. The summed E-state index contributed by atoms with van der Waals surface area (Å²) in [6, 6.07) is 4.50. The molecule has 1 unspecified atom stereocenters. The van der Waals surface area contributed by atoms with Crippen molar-refractivity contribution in [2.75, 3.05) is 45.6 Å². The highest BCUT2D eigenvalue weighted by Gasteiger charge is 2.26. The molecule has 0 radical (unpaired) electrons. The van der Waals surface area contributed by atoms with Crippen molar-refractivity contribution in [2.24, 2.45) is 5.92 Å². The van der Waals surface area contributed by atoms with E-state index in [4.69, 9.17) is 0 Å². The van der Waals surface area contributed by atoms with Crippen molar-refractivity contribution in [3.05, 3.63) is 24.0 Å². The van der Waals surface area contributed by atoms with Gasteiger partial charge in [-0.25, -0.2) is 9.37 Å². The molecule has 1 saturated heterocycles. The molecule has 0 spiro atoms. The first kappa shape index (κ1) is 17.3. The Morgan fingerprint density at radius 3 is 3.12 bits per heavy atom. The summed E-state index contributed by atoms with van der Waals surface area (Å²) in [5.74, 6) is -0.303. The maximum atomic E-state index is 13.2. The highest BCUT2D eigenvalue weighted by atomic mass is 32.1. The highest BCUT2D eigenvalue weighted by Crippen LogP contribution is 2.27. The molecule has 1 aromatic carbocycles. The van der Waals surface area contributed by atoms with Crippen LogP contribution < -0.4 is 5.32 Å². The van der Waals surface area contributed by atoms with Gasteiger partial charge in [0.25, 0.3) is 0 Å². The third-order valence-electron chi connectivity index (χ3n) is 4.32. The van der Waals surface area contributed by atoms with Crippen molar-refractivity contribution >= 4 is 32.6 Å². The monoisotopic (exact) mass is 350 g/mol. The van der Waals surface area contributed by atoms with Gasteiger partial charge in [-0.2, -0.15) is 0 Å². The fourth-order valence-corrected chi connectivity index (χ4v) is 3.82. The number of carbonyl (C=O) groups is 1. The molecule has 1 aliphatic rings. The summed E-state index contributed by atoms with van der Waals surface area (Å²) in [5.41, 5.74) is 0.589. The number of likely N-dealkylation sites (tertiary alicyclic amines) is 1. The molecule has 1 atom stereocenters. The summed E-state index contributed by atoms with van der Waals surface area (Å²) in [7, 11) is 4.12. The van der Waals surface area contributed by atoms with Crippen LogP contribution in [-0.2, 0) is 4.79 Å². The van der Waals surface area contributed by atoms with Gasteiger partial charge in [0.15, 0.2) is 5.13 Å². The van der Waals surface area contributed by atoms with Crippen molar-refractivity contribution < 1.29 is 9.18 Å². The van der Waals surface area contributed by atoms with E-state index in [1.165, 1.54) is 23.5 Å². The van der Waals surface area contributed by atoms with Gasteiger partial charge in [0.1, 0.15) is 5.82 Å².